The van der Waals surface area contributed by atoms with Crippen LogP contribution in [-0.2, 0) is 13.1 Å². The van der Waals surface area contributed by atoms with Crippen LogP contribution in [-0.4, -0.2) is 53.6 Å². The molecule has 0 unspecified atom stereocenters. The van der Waals surface area contributed by atoms with Gasteiger partial charge in [0.2, 0.25) is 0 Å². The first kappa shape index (κ1) is 24.5. The smallest absolute Gasteiger partial charge is 0.270 e. The van der Waals surface area contributed by atoms with Crippen molar-refractivity contribution in [1.29, 1.82) is 0 Å². The summed E-state index contributed by atoms with van der Waals surface area (Å²) in [5.74, 6) is 0.945. The Bertz CT molecular complexity index is 1520. The molecule has 192 valence electrons. The summed E-state index contributed by atoms with van der Waals surface area (Å²) >= 11 is 1.75. The first-order chi connectivity index (χ1) is 18.7. The Morgan fingerprint density at radius 1 is 0.789 bits per heavy atom. The molecule has 1 amide bonds. The van der Waals surface area contributed by atoms with Gasteiger partial charge in [0.25, 0.3) is 5.91 Å². The molecule has 0 bridgehead atoms. The van der Waals surface area contributed by atoms with Crippen LogP contribution >= 0.6 is 11.3 Å². The largest absolute Gasteiger partial charge is 0.497 e. The summed E-state index contributed by atoms with van der Waals surface area (Å²) < 4.78 is 8.68. The summed E-state index contributed by atoms with van der Waals surface area (Å²) in [4.78, 5) is 19.5. The highest BCUT2D eigenvalue weighted by molar-refractivity contribution is 7.22. The summed E-state index contributed by atoms with van der Waals surface area (Å²) in [6.45, 7) is 4.80. The molecule has 38 heavy (non-hydrogen) atoms. The summed E-state index contributed by atoms with van der Waals surface area (Å²) in [7, 11) is 1.68. The van der Waals surface area contributed by atoms with E-state index in [1.165, 1.54) is 16.0 Å². The van der Waals surface area contributed by atoms with E-state index in [9.17, 15) is 4.79 Å². The molecule has 5 aromatic rings. The van der Waals surface area contributed by atoms with Crippen LogP contribution < -0.4 is 4.74 Å². The Balaban J connectivity index is 1.27. The fourth-order valence-corrected chi connectivity index (χ4v) is 6.27. The van der Waals surface area contributed by atoms with Crippen molar-refractivity contribution < 1.29 is 9.53 Å². The van der Waals surface area contributed by atoms with E-state index in [-0.39, 0.29) is 5.91 Å². The van der Waals surface area contributed by atoms with Gasteiger partial charge in [-0.1, -0.05) is 72.8 Å². The van der Waals surface area contributed by atoms with E-state index in [4.69, 9.17) is 4.74 Å². The van der Waals surface area contributed by atoms with Crippen LogP contribution in [0, 0.1) is 0 Å². The van der Waals surface area contributed by atoms with Crippen LogP contribution in [0.5, 0.6) is 5.75 Å². The SMILES string of the molecule is COc1ccc(Cn2c(C(=O)N3CCN(Cc4ccccc4)CC3)cc3sc(-c4ccccc4)cc32)cc1. The lowest BCUT2D eigenvalue weighted by Crippen LogP contribution is -2.48. The topological polar surface area (TPSA) is 37.7 Å². The number of rotatable bonds is 7. The Morgan fingerprint density at radius 2 is 1.45 bits per heavy atom. The van der Waals surface area contributed by atoms with Crippen molar-refractivity contribution >= 4 is 27.5 Å². The first-order valence-electron chi connectivity index (χ1n) is 13.0. The number of nitrogens with zero attached hydrogens (tertiary/aromatic N) is 3. The summed E-state index contributed by atoms with van der Waals surface area (Å²) in [6, 6.07) is 33.4. The number of thiophene rings is 1. The van der Waals surface area contributed by atoms with Crippen LogP contribution in [0.4, 0.5) is 0 Å². The molecule has 3 heterocycles. The van der Waals surface area contributed by atoms with Crippen LogP contribution in [0.25, 0.3) is 20.7 Å². The zero-order valence-electron chi connectivity index (χ0n) is 21.5. The van der Waals surface area contributed by atoms with Gasteiger partial charge < -0.3 is 14.2 Å². The molecule has 0 N–H and O–H groups in total. The molecule has 1 aliphatic heterocycles. The third-order valence-electron chi connectivity index (χ3n) is 7.28. The number of hydrogen-bond acceptors (Lipinski definition) is 4. The van der Waals surface area contributed by atoms with Gasteiger partial charge in [-0.2, -0.15) is 0 Å². The highest BCUT2D eigenvalue weighted by atomic mass is 32.1. The molecule has 1 aliphatic rings. The third kappa shape index (κ3) is 5.10. The maximum Gasteiger partial charge on any atom is 0.270 e. The fourth-order valence-electron chi connectivity index (χ4n) is 5.16. The second kappa shape index (κ2) is 10.9. The predicted molar refractivity (Wildman–Crippen MR) is 155 cm³/mol. The van der Waals surface area contributed by atoms with Crippen molar-refractivity contribution in [3.8, 4) is 16.2 Å². The monoisotopic (exact) mass is 521 g/mol. The lowest BCUT2D eigenvalue weighted by molar-refractivity contribution is 0.0619. The number of benzene rings is 3. The molecule has 5 nitrogen and oxygen atoms in total. The van der Waals surface area contributed by atoms with E-state index in [2.05, 4.69) is 88.3 Å². The Hall–Kier alpha value is -3.87. The van der Waals surface area contributed by atoms with Crippen molar-refractivity contribution in [2.24, 2.45) is 0 Å². The summed E-state index contributed by atoms with van der Waals surface area (Å²) in [6.07, 6.45) is 0. The van der Waals surface area contributed by atoms with Gasteiger partial charge in [0, 0.05) is 44.1 Å². The predicted octanol–water partition coefficient (Wildman–Crippen LogP) is 6.38. The number of amides is 1. The van der Waals surface area contributed by atoms with Crippen molar-refractivity contribution in [2.75, 3.05) is 33.3 Å². The third-order valence-corrected chi connectivity index (χ3v) is 8.40. The molecule has 1 fully saturated rings. The lowest BCUT2D eigenvalue weighted by Gasteiger charge is -2.35. The quantitative estimate of drug-likeness (QED) is 0.249. The van der Waals surface area contributed by atoms with Crippen molar-refractivity contribution in [1.82, 2.24) is 14.4 Å². The maximum absolute atomic E-state index is 13.9. The standard InChI is InChI=1S/C32H31N3O2S/c1-37-27-14-12-25(13-15-27)23-35-28-20-30(26-10-6-3-7-11-26)38-31(28)21-29(35)32(36)34-18-16-33(17-19-34)22-24-8-4-2-5-9-24/h2-15,20-21H,16-19,22-23H2,1H3. The van der Waals surface area contributed by atoms with Gasteiger partial charge in [0.05, 0.1) is 17.3 Å². The zero-order chi connectivity index (χ0) is 25.9. The molecule has 3 aromatic carbocycles. The van der Waals surface area contributed by atoms with Crippen LogP contribution in [0.2, 0.25) is 0 Å². The molecule has 1 saturated heterocycles. The molecular weight excluding hydrogens is 490 g/mol. The molecule has 6 heteroatoms. The number of piperazine rings is 1. The minimum Gasteiger partial charge on any atom is -0.497 e. The Morgan fingerprint density at radius 3 is 2.13 bits per heavy atom. The number of carbonyl (C=O) groups excluding carboxylic acids is 1. The van der Waals surface area contributed by atoms with Gasteiger partial charge in [-0.15, -0.1) is 11.3 Å². The van der Waals surface area contributed by atoms with Gasteiger partial charge in [0.1, 0.15) is 11.4 Å². The van der Waals surface area contributed by atoms with Gasteiger partial charge in [0.15, 0.2) is 0 Å². The van der Waals surface area contributed by atoms with Crippen LogP contribution in [0.1, 0.15) is 21.6 Å². The second-order valence-corrected chi connectivity index (χ2v) is 10.8. The molecule has 2 aromatic heterocycles. The average molecular weight is 522 g/mol. The van der Waals surface area contributed by atoms with Crippen LogP contribution in [0.15, 0.2) is 97.1 Å². The number of fused-ring (bicyclic) bond motifs is 1. The Kier molecular flexibility index (Phi) is 6.99. The average Bonchev–Trinajstić information content (AvgIpc) is 3.54. The van der Waals surface area contributed by atoms with Gasteiger partial charge in [-0.3, -0.25) is 9.69 Å². The number of aromatic nitrogens is 1. The molecule has 0 aliphatic carbocycles. The number of methoxy groups -OCH3 is 1. The van der Waals surface area contributed by atoms with E-state index in [0.717, 1.165) is 59.9 Å². The van der Waals surface area contributed by atoms with Crippen LogP contribution in [0.3, 0.4) is 0 Å². The molecule has 6 rings (SSSR count). The molecule has 0 radical (unpaired) electrons. The first-order valence-corrected chi connectivity index (χ1v) is 13.9. The highest BCUT2D eigenvalue weighted by Gasteiger charge is 2.26. The minimum atomic E-state index is 0.113. The maximum atomic E-state index is 13.9. The zero-order valence-corrected chi connectivity index (χ0v) is 22.4. The number of hydrogen-bond donors (Lipinski definition) is 0. The van der Waals surface area contributed by atoms with E-state index < -0.39 is 0 Å². The second-order valence-electron chi connectivity index (χ2n) is 9.74. The number of carbonyl (C=O) groups is 1. The van der Waals surface area contributed by atoms with Gasteiger partial charge in [-0.25, -0.2) is 0 Å². The molecule has 0 spiro atoms. The molecule has 0 atom stereocenters. The van der Waals surface area contributed by atoms with Crippen molar-refractivity contribution in [2.45, 2.75) is 13.1 Å². The highest BCUT2D eigenvalue weighted by Crippen LogP contribution is 2.36. The summed E-state index contributed by atoms with van der Waals surface area (Å²) in [5, 5.41) is 0. The van der Waals surface area contributed by atoms with Crippen molar-refractivity contribution in [3.63, 3.8) is 0 Å². The normalized spacial score (nSPS) is 14.2. The van der Waals surface area contributed by atoms with Crippen molar-refractivity contribution in [3.05, 3.63) is 114 Å². The van der Waals surface area contributed by atoms with Gasteiger partial charge >= 0.3 is 0 Å². The lowest BCUT2D eigenvalue weighted by atomic mass is 10.2. The fraction of sp³-hybridized carbons (Fsp3) is 0.219. The summed E-state index contributed by atoms with van der Waals surface area (Å²) in [5.41, 5.74) is 5.52. The van der Waals surface area contributed by atoms with E-state index in [1.807, 2.05) is 23.1 Å². The molecular formula is C32H31N3O2S. The van der Waals surface area contributed by atoms with E-state index in [0.29, 0.717) is 6.54 Å². The number of ether oxygens (including phenoxy) is 1. The van der Waals surface area contributed by atoms with Gasteiger partial charge in [-0.05, 0) is 41.0 Å². The Labute approximate surface area is 227 Å². The van der Waals surface area contributed by atoms with E-state index >= 15 is 0 Å². The molecule has 0 saturated carbocycles. The minimum absolute atomic E-state index is 0.113. The van der Waals surface area contributed by atoms with E-state index in [1.54, 1.807) is 18.4 Å².